The zero-order chi connectivity index (χ0) is 16.2. The number of benzene rings is 1. The molecule has 3 rings (SSSR count). The highest BCUT2D eigenvalue weighted by Crippen LogP contribution is 2.38. The van der Waals surface area contributed by atoms with Crippen LogP contribution in [0, 0.1) is 11.8 Å². The number of aromatic nitrogens is 1. The van der Waals surface area contributed by atoms with Gasteiger partial charge in [-0.25, -0.2) is 4.98 Å². The molecule has 3 atom stereocenters. The summed E-state index contributed by atoms with van der Waals surface area (Å²) < 4.78 is 1.17. The number of nitrogens with one attached hydrogen (secondary N) is 1. The number of nitrogens with zero attached hydrogens (tertiary/aromatic N) is 1. The number of fused-ring (bicyclic) bond motifs is 1. The van der Waals surface area contributed by atoms with Crippen molar-refractivity contribution in [3.8, 4) is 0 Å². The van der Waals surface area contributed by atoms with Crippen LogP contribution in [0.2, 0.25) is 0 Å². The van der Waals surface area contributed by atoms with Gasteiger partial charge in [-0.05, 0) is 30.9 Å². The van der Waals surface area contributed by atoms with Crippen molar-refractivity contribution in [3.05, 3.63) is 41.4 Å². The number of carbonyl (C=O) groups excluding carboxylic acids is 1. The van der Waals surface area contributed by atoms with E-state index in [4.69, 9.17) is 10.1 Å². The van der Waals surface area contributed by atoms with Crippen molar-refractivity contribution in [2.75, 3.05) is 13.2 Å². The molecule has 0 saturated heterocycles. The van der Waals surface area contributed by atoms with Crippen LogP contribution in [0.5, 0.6) is 0 Å². The molecule has 1 aliphatic carbocycles. The fourth-order valence-corrected chi connectivity index (χ4v) is 4.04. The van der Waals surface area contributed by atoms with Crippen molar-refractivity contribution in [1.82, 2.24) is 10.3 Å². The molecule has 1 aliphatic rings. The SMILES string of the molecule is CC(CO)CNC(=O)C1CC=CCC1c1nc2ccccc2s1. The molecular formula is C18H22N2O2S. The number of allylic oxidation sites excluding steroid dienone is 2. The van der Waals surface area contributed by atoms with E-state index in [0.29, 0.717) is 6.54 Å². The normalized spacial score (nSPS) is 22.2. The molecule has 5 heteroatoms. The van der Waals surface area contributed by atoms with E-state index in [1.807, 2.05) is 25.1 Å². The first-order chi connectivity index (χ1) is 11.2. The topological polar surface area (TPSA) is 62.2 Å². The molecule has 122 valence electrons. The Balaban J connectivity index is 1.78. The summed E-state index contributed by atoms with van der Waals surface area (Å²) in [6, 6.07) is 8.11. The van der Waals surface area contributed by atoms with Crippen LogP contribution < -0.4 is 5.32 Å². The van der Waals surface area contributed by atoms with Gasteiger partial charge in [0.05, 0.1) is 21.1 Å². The zero-order valence-corrected chi connectivity index (χ0v) is 14.1. The van der Waals surface area contributed by atoms with Gasteiger partial charge >= 0.3 is 0 Å². The summed E-state index contributed by atoms with van der Waals surface area (Å²) in [6.45, 7) is 2.53. The van der Waals surface area contributed by atoms with Gasteiger partial charge in [0.1, 0.15) is 0 Å². The van der Waals surface area contributed by atoms with E-state index >= 15 is 0 Å². The summed E-state index contributed by atoms with van der Waals surface area (Å²) in [7, 11) is 0. The Labute approximate surface area is 140 Å². The quantitative estimate of drug-likeness (QED) is 0.828. The standard InChI is InChI=1S/C18H22N2O2S/c1-12(11-21)10-19-17(22)13-6-2-3-7-14(13)18-20-15-8-4-5-9-16(15)23-18/h2-5,8-9,12-14,21H,6-7,10-11H2,1H3,(H,19,22). The summed E-state index contributed by atoms with van der Waals surface area (Å²) in [5, 5.41) is 13.1. The monoisotopic (exact) mass is 330 g/mol. The van der Waals surface area contributed by atoms with Crippen LogP contribution >= 0.6 is 11.3 Å². The third-order valence-electron chi connectivity index (χ3n) is 4.33. The van der Waals surface area contributed by atoms with Gasteiger partial charge in [-0.2, -0.15) is 0 Å². The van der Waals surface area contributed by atoms with Crippen LogP contribution in [-0.4, -0.2) is 29.1 Å². The number of hydrogen-bond acceptors (Lipinski definition) is 4. The van der Waals surface area contributed by atoms with E-state index in [9.17, 15) is 4.79 Å². The van der Waals surface area contributed by atoms with Crippen LogP contribution in [0.3, 0.4) is 0 Å². The summed E-state index contributed by atoms with van der Waals surface area (Å²) in [5.74, 6) is 0.214. The predicted molar refractivity (Wildman–Crippen MR) is 93.5 cm³/mol. The van der Waals surface area contributed by atoms with E-state index in [-0.39, 0.29) is 30.3 Å². The Morgan fingerprint density at radius 3 is 2.96 bits per heavy atom. The molecule has 3 unspecified atom stereocenters. The third-order valence-corrected chi connectivity index (χ3v) is 5.50. The van der Waals surface area contributed by atoms with Gasteiger partial charge in [0.25, 0.3) is 0 Å². The Hall–Kier alpha value is -1.72. The van der Waals surface area contributed by atoms with Crippen LogP contribution in [0.1, 0.15) is 30.7 Å². The number of carbonyl (C=O) groups is 1. The number of rotatable bonds is 5. The minimum absolute atomic E-state index is 0.0684. The number of para-hydroxylation sites is 1. The second kappa shape index (κ2) is 7.23. The lowest BCUT2D eigenvalue weighted by Gasteiger charge is -2.26. The number of hydrogen-bond donors (Lipinski definition) is 2. The largest absolute Gasteiger partial charge is 0.396 e. The lowest BCUT2D eigenvalue weighted by molar-refractivity contribution is -0.126. The van der Waals surface area contributed by atoms with Crippen molar-refractivity contribution >= 4 is 27.5 Å². The molecule has 1 heterocycles. The molecule has 1 amide bonds. The first-order valence-corrected chi connectivity index (χ1v) is 8.89. The molecule has 2 N–H and O–H groups in total. The summed E-state index contributed by atoms with van der Waals surface area (Å²) in [6.07, 6.45) is 5.84. The molecule has 0 radical (unpaired) electrons. The molecule has 1 aromatic heterocycles. The Kier molecular flexibility index (Phi) is 5.08. The molecule has 2 aromatic rings. The average Bonchev–Trinajstić information content (AvgIpc) is 3.03. The predicted octanol–water partition coefficient (Wildman–Crippen LogP) is 3.09. The van der Waals surface area contributed by atoms with Crippen LogP contribution in [0.15, 0.2) is 36.4 Å². The minimum atomic E-state index is -0.0774. The van der Waals surface area contributed by atoms with Gasteiger partial charge in [0, 0.05) is 19.1 Å². The number of aliphatic hydroxyl groups is 1. The highest BCUT2D eigenvalue weighted by Gasteiger charge is 2.32. The lowest BCUT2D eigenvalue weighted by atomic mass is 9.82. The molecule has 0 spiro atoms. The van der Waals surface area contributed by atoms with Crippen molar-refractivity contribution < 1.29 is 9.90 Å². The third kappa shape index (κ3) is 3.62. The van der Waals surface area contributed by atoms with E-state index in [1.165, 1.54) is 4.70 Å². The van der Waals surface area contributed by atoms with Gasteiger partial charge in [-0.1, -0.05) is 31.2 Å². The molecule has 0 aliphatic heterocycles. The van der Waals surface area contributed by atoms with Crippen LogP contribution in [0.4, 0.5) is 0 Å². The molecular weight excluding hydrogens is 308 g/mol. The van der Waals surface area contributed by atoms with E-state index in [1.54, 1.807) is 11.3 Å². The van der Waals surface area contributed by atoms with Crippen molar-refractivity contribution in [3.63, 3.8) is 0 Å². The second-order valence-corrected chi connectivity index (χ2v) is 7.27. The Morgan fingerprint density at radius 2 is 2.17 bits per heavy atom. The van der Waals surface area contributed by atoms with Crippen molar-refractivity contribution in [2.24, 2.45) is 11.8 Å². The van der Waals surface area contributed by atoms with E-state index in [0.717, 1.165) is 23.4 Å². The molecule has 0 bridgehead atoms. The van der Waals surface area contributed by atoms with Crippen LogP contribution in [-0.2, 0) is 4.79 Å². The first-order valence-electron chi connectivity index (χ1n) is 8.08. The summed E-state index contributed by atoms with van der Waals surface area (Å²) in [5.41, 5.74) is 1.01. The zero-order valence-electron chi connectivity index (χ0n) is 13.2. The van der Waals surface area contributed by atoms with Gasteiger partial charge in [0.15, 0.2) is 0 Å². The lowest BCUT2D eigenvalue weighted by Crippen LogP contribution is -2.37. The Bertz CT molecular complexity index is 677. The van der Waals surface area contributed by atoms with Gasteiger partial charge < -0.3 is 10.4 Å². The summed E-state index contributed by atoms with van der Waals surface area (Å²) in [4.78, 5) is 17.3. The van der Waals surface area contributed by atoms with Crippen molar-refractivity contribution in [1.29, 1.82) is 0 Å². The van der Waals surface area contributed by atoms with Crippen molar-refractivity contribution in [2.45, 2.75) is 25.7 Å². The van der Waals surface area contributed by atoms with E-state index < -0.39 is 0 Å². The maximum Gasteiger partial charge on any atom is 0.224 e. The number of aliphatic hydroxyl groups excluding tert-OH is 1. The first kappa shape index (κ1) is 16.1. The minimum Gasteiger partial charge on any atom is -0.396 e. The number of thiazole rings is 1. The molecule has 0 saturated carbocycles. The maximum absolute atomic E-state index is 12.6. The molecule has 0 fully saturated rings. The second-order valence-electron chi connectivity index (χ2n) is 6.21. The molecule has 4 nitrogen and oxygen atoms in total. The Morgan fingerprint density at radius 1 is 1.39 bits per heavy atom. The smallest absolute Gasteiger partial charge is 0.224 e. The highest BCUT2D eigenvalue weighted by molar-refractivity contribution is 7.18. The average molecular weight is 330 g/mol. The van der Waals surface area contributed by atoms with Gasteiger partial charge in [-0.15, -0.1) is 11.3 Å². The fourth-order valence-electron chi connectivity index (χ4n) is 2.90. The fraction of sp³-hybridized carbons (Fsp3) is 0.444. The molecule has 1 aromatic carbocycles. The summed E-state index contributed by atoms with van der Waals surface area (Å²) >= 11 is 1.69. The highest BCUT2D eigenvalue weighted by atomic mass is 32.1. The van der Waals surface area contributed by atoms with Gasteiger partial charge in [0.2, 0.25) is 5.91 Å². The maximum atomic E-state index is 12.6. The molecule has 23 heavy (non-hydrogen) atoms. The van der Waals surface area contributed by atoms with Gasteiger partial charge in [-0.3, -0.25) is 4.79 Å². The van der Waals surface area contributed by atoms with E-state index in [2.05, 4.69) is 23.5 Å². The number of amides is 1. The van der Waals surface area contributed by atoms with Crippen LogP contribution in [0.25, 0.3) is 10.2 Å².